The Morgan fingerprint density at radius 1 is 1.24 bits per heavy atom. The standard InChI is InChI=1S/C26H37ClN4O3/c1-4-31-17-22(21(3)28-31)16-29-9-5-8-26(18-29,15-25(32)30-10-12-33-13-11-30)19-34-23-6-7-24(27)20(2)14-23/h6-7,14,17H,4-5,8-13,15-16,18-19H2,1-3H3/t26-/m1/s1. The number of benzene rings is 1. The van der Waals surface area contributed by atoms with Crippen molar-refractivity contribution in [2.45, 2.75) is 53.1 Å². The van der Waals surface area contributed by atoms with Gasteiger partial charge in [-0.05, 0) is 63.9 Å². The molecule has 3 heterocycles. The fraction of sp³-hybridized carbons (Fsp3) is 0.615. The van der Waals surface area contributed by atoms with Crippen LogP contribution in [-0.2, 0) is 22.6 Å². The van der Waals surface area contributed by atoms with Crippen LogP contribution in [0.3, 0.4) is 0 Å². The van der Waals surface area contributed by atoms with Gasteiger partial charge in [-0.3, -0.25) is 14.4 Å². The number of ether oxygens (including phenoxy) is 2. The summed E-state index contributed by atoms with van der Waals surface area (Å²) >= 11 is 6.20. The van der Waals surface area contributed by atoms with Crippen LogP contribution in [0, 0.1) is 19.3 Å². The third-order valence-corrected chi connectivity index (χ3v) is 7.49. The van der Waals surface area contributed by atoms with Crippen molar-refractivity contribution in [1.82, 2.24) is 19.6 Å². The van der Waals surface area contributed by atoms with Crippen molar-refractivity contribution in [2.75, 3.05) is 46.0 Å². The summed E-state index contributed by atoms with van der Waals surface area (Å²) in [6.45, 7) is 12.8. The Kier molecular flexibility index (Phi) is 8.17. The first-order chi connectivity index (χ1) is 16.4. The molecular formula is C26H37ClN4O3. The van der Waals surface area contributed by atoms with Gasteiger partial charge in [0.05, 0.1) is 25.5 Å². The van der Waals surface area contributed by atoms with Crippen molar-refractivity contribution in [3.05, 3.63) is 46.2 Å². The molecule has 0 saturated carbocycles. The molecule has 0 unspecified atom stereocenters. The molecule has 0 N–H and O–H groups in total. The van der Waals surface area contributed by atoms with Crippen molar-refractivity contribution in [2.24, 2.45) is 5.41 Å². The average molecular weight is 489 g/mol. The lowest BCUT2D eigenvalue weighted by atomic mass is 9.77. The topological polar surface area (TPSA) is 59.8 Å². The summed E-state index contributed by atoms with van der Waals surface area (Å²) in [6, 6.07) is 5.76. The zero-order chi connectivity index (χ0) is 24.1. The van der Waals surface area contributed by atoms with Crippen LogP contribution in [-0.4, -0.2) is 71.5 Å². The van der Waals surface area contributed by atoms with E-state index in [-0.39, 0.29) is 11.3 Å². The van der Waals surface area contributed by atoms with Crippen LogP contribution in [0.2, 0.25) is 5.02 Å². The second-order valence-corrected chi connectivity index (χ2v) is 10.2. The fourth-order valence-corrected chi connectivity index (χ4v) is 5.18. The van der Waals surface area contributed by atoms with Gasteiger partial charge in [0, 0.05) is 61.3 Å². The van der Waals surface area contributed by atoms with E-state index in [2.05, 4.69) is 30.0 Å². The van der Waals surface area contributed by atoms with Gasteiger partial charge in [0.15, 0.2) is 0 Å². The first-order valence-corrected chi connectivity index (χ1v) is 12.7. The van der Waals surface area contributed by atoms with Gasteiger partial charge in [-0.25, -0.2) is 0 Å². The predicted octanol–water partition coefficient (Wildman–Crippen LogP) is 4.08. The van der Waals surface area contributed by atoms with E-state index in [0.717, 1.165) is 61.1 Å². The Bertz CT molecular complexity index is 988. The Balaban J connectivity index is 1.50. The van der Waals surface area contributed by atoms with Crippen molar-refractivity contribution < 1.29 is 14.3 Å². The number of rotatable bonds is 8. The molecule has 4 rings (SSSR count). The molecule has 2 aliphatic rings. The maximum Gasteiger partial charge on any atom is 0.223 e. The first-order valence-electron chi connectivity index (χ1n) is 12.4. The number of aromatic nitrogens is 2. The molecule has 186 valence electrons. The zero-order valence-electron chi connectivity index (χ0n) is 20.7. The minimum atomic E-state index is -0.240. The van der Waals surface area contributed by atoms with Gasteiger partial charge in [0.25, 0.3) is 0 Å². The lowest BCUT2D eigenvalue weighted by Gasteiger charge is -2.43. The van der Waals surface area contributed by atoms with E-state index < -0.39 is 0 Å². The van der Waals surface area contributed by atoms with Crippen LogP contribution in [0.1, 0.15) is 43.0 Å². The van der Waals surface area contributed by atoms with Gasteiger partial charge in [0.1, 0.15) is 5.75 Å². The number of piperidine rings is 1. The Hall–Kier alpha value is -2.09. The van der Waals surface area contributed by atoms with E-state index >= 15 is 0 Å². The minimum Gasteiger partial charge on any atom is -0.493 e. The molecule has 0 bridgehead atoms. The molecule has 0 aliphatic carbocycles. The normalized spacial score (nSPS) is 21.6. The molecule has 7 nitrogen and oxygen atoms in total. The van der Waals surface area contributed by atoms with Crippen LogP contribution < -0.4 is 4.74 Å². The average Bonchev–Trinajstić information content (AvgIpc) is 3.20. The van der Waals surface area contributed by atoms with Crippen LogP contribution in [0.15, 0.2) is 24.4 Å². The number of carbonyl (C=O) groups excluding carboxylic acids is 1. The summed E-state index contributed by atoms with van der Waals surface area (Å²) < 4.78 is 13.8. The number of halogens is 1. The second kappa shape index (κ2) is 11.1. The maximum absolute atomic E-state index is 13.3. The van der Waals surface area contributed by atoms with Gasteiger partial charge in [-0.2, -0.15) is 5.10 Å². The lowest BCUT2D eigenvalue weighted by Crippen LogP contribution is -2.50. The van der Waals surface area contributed by atoms with Crippen molar-refractivity contribution in [1.29, 1.82) is 0 Å². The van der Waals surface area contributed by atoms with E-state index in [4.69, 9.17) is 21.1 Å². The molecule has 2 saturated heterocycles. The van der Waals surface area contributed by atoms with Crippen molar-refractivity contribution in [3.63, 3.8) is 0 Å². The van der Waals surface area contributed by atoms with Gasteiger partial charge in [0.2, 0.25) is 5.91 Å². The second-order valence-electron chi connectivity index (χ2n) is 9.78. The summed E-state index contributed by atoms with van der Waals surface area (Å²) in [7, 11) is 0. The third-order valence-electron chi connectivity index (χ3n) is 7.07. The summed E-state index contributed by atoms with van der Waals surface area (Å²) in [6.07, 6.45) is 4.65. The molecule has 1 aromatic carbocycles. The SMILES string of the molecule is CCn1cc(CN2CCC[C@@](COc3ccc(Cl)c(C)c3)(CC(=O)N3CCOCC3)C2)c(C)n1. The number of aryl methyl sites for hydroxylation is 3. The Morgan fingerprint density at radius 3 is 2.74 bits per heavy atom. The highest BCUT2D eigenvalue weighted by Gasteiger charge is 2.40. The number of likely N-dealkylation sites (tertiary alicyclic amines) is 1. The molecular weight excluding hydrogens is 452 g/mol. The number of morpholine rings is 1. The number of hydrogen-bond donors (Lipinski definition) is 0. The Morgan fingerprint density at radius 2 is 2.03 bits per heavy atom. The summed E-state index contributed by atoms with van der Waals surface area (Å²) in [4.78, 5) is 17.7. The maximum atomic E-state index is 13.3. The minimum absolute atomic E-state index is 0.205. The molecule has 1 atom stereocenters. The number of hydrogen-bond acceptors (Lipinski definition) is 5. The summed E-state index contributed by atoms with van der Waals surface area (Å²) in [5.74, 6) is 1.01. The monoisotopic (exact) mass is 488 g/mol. The van der Waals surface area contributed by atoms with Crippen LogP contribution >= 0.6 is 11.6 Å². The van der Waals surface area contributed by atoms with E-state index in [1.807, 2.05) is 34.7 Å². The zero-order valence-corrected chi connectivity index (χ0v) is 21.4. The van der Waals surface area contributed by atoms with Gasteiger partial charge >= 0.3 is 0 Å². The fourth-order valence-electron chi connectivity index (χ4n) is 5.06. The molecule has 2 fully saturated rings. The summed E-state index contributed by atoms with van der Waals surface area (Å²) in [5.41, 5.74) is 3.09. The smallest absolute Gasteiger partial charge is 0.223 e. The van der Waals surface area contributed by atoms with Crippen LogP contribution in [0.25, 0.3) is 0 Å². The van der Waals surface area contributed by atoms with Crippen LogP contribution in [0.5, 0.6) is 5.75 Å². The van der Waals surface area contributed by atoms with Crippen molar-refractivity contribution in [3.8, 4) is 5.75 Å². The largest absolute Gasteiger partial charge is 0.493 e. The number of nitrogens with zero attached hydrogens (tertiary/aromatic N) is 4. The molecule has 0 radical (unpaired) electrons. The predicted molar refractivity (Wildman–Crippen MR) is 133 cm³/mol. The van der Waals surface area contributed by atoms with Crippen LogP contribution in [0.4, 0.5) is 0 Å². The van der Waals surface area contributed by atoms with Gasteiger partial charge in [-0.1, -0.05) is 11.6 Å². The Labute approximate surface area is 207 Å². The number of carbonyl (C=O) groups is 1. The molecule has 1 amide bonds. The molecule has 2 aliphatic heterocycles. The molecule has 2 aromatic rings. The highest BCUT2D eigenvalue weighted by atomic mass is 35.5. The van der Waals surface area contributed by atoms with E-state index in [9.17, 15) is 4.79 Å². The number of amides is 1. The van der Waals surface area contributed by atoms with Gasteiger partial charge < -0.3 is 14.4 Å². The molecule has 34 heavy (non-hydrogen) atoms. The highest BCUT2D eigenvalue weighted by Crippen LogP contribution is 2.36. The molecule has 1 aromatic heterocycles. The lowest BCUT2D eigenvalue weighted by molar-refractivity contribution is -0.139. The van der Waals surface area contributed by atoms with Gasteiger partial charge in [-0.15, -0.1) is 0 Å². The first kappa shape index (κ1) is 25.0. The highest BCUT2D eigenvalue weighted by molar-refractivity contribution is 6.31. The van der Waals surface area contributed by atoms with E-state index in [0.29, 0.717) is 39.3 Å². The summed E-state index contributed by atoms with van der Waals surface area (Å²) in [5, 5.41) is 5.35. The third kappa shape index (κ3) is 6.12. The molecule has 0 spiro atoms. The molecule has 8 heteroatoms. The van der Waals surface area contributed by atoms with Crippen molar-refractivity contribution >= 4 is 17.5 Å². The quantitative estimate of drug-likeness (QED) is 0.560. The van der Waals surface area contributed by atoms with E-state index in [1.165, 1.54) is 5.56 Å². The van der Waals surface area contributed by atoms with E-state index in [1.54, 1.807) is 0 Å².